The Morgan fingerprint density at radius 3 is 2.37 bits per heavy atom. The van der Waals surface area contributed by atoms with E-state index in [0.717, 1.165) is 25.8 Å². The van der Waals surface area contributed by atoms with Gasteiger partial charge in [-0.25, -0.2) is 9.59 Å². The van der Waals surface area contributed by atoms with Gasteiger partial charge in [-0.1, -0.05) is 19.3 Å². The molecule has 2 rings (SSSR count). The van der Waals surface area contributed by atoms with Crippen molar-refractivity contribution in [3.63, 3.8) is 0 Å². The molecule has 2 aliphatic carbocycles. The lowest BCUT2D eigenvalue weighted by atomic mass is 9.82. The Morgan fingerprint density at radius 1 is 1.26 bits per heavy atom. The van der Waals surface area contributed by atoms with E-state index in [2.05, 4.69) is 5.32 Å². The highest BCUT2D eigenvalue weighted by molar-refractivity contribution is 5.86. The van der Waals surface area contributed by atoms with E-state index in [1.807, 2.05) is 6.92 Å². The number of carbonyl (C=O) groups excluding carboxylic acids is 1. The first-order valence-electron chi connectivity index (χ1n) is 7.38. The minimum atomic E-state index is -1.04. The van der Waals surface area contributed by atoms with Gasteiger partial charge in [0, 0.05) is 13.1 Å². The van der Waals surface area contributed by atoms with Crippen LogP contribution in [0.4, 0.5) is 4.79 Å². The predicted molar refractivity (Wildman–Crippen MR) is 72.0 cm³/mol. The van der Waals surface area contributed by atoms with Crippen LogP contribution in [0.1, 0.15) is 51.9 Å². The zero-order chi connectivity index (χ0) is 13.9. The van der Waals surface area contributed by atoms with Crippen LogP contribution in [-0.4, -0.2) is 40.6 Å². The average molecular weight is 268 g/mol. The fourth-order valence-corrected chi connectivity index (χ4v) is 2.80. The third-order valence-corrected chi connectivity index (χ3v) is 4.31. The van der Waals surface area contributed by atoms with E-state index in [9.17, 15) is 14.7 Å². The summed E-state index contributed by atoms with van der Waals surface area (Å²) in [7, 11) is 0. The van der Waals surface area contributed by atoms with Crippen molar-refractivity contribution >= 4 is 12.0 Å². The molecule has 0 aromatic rings. The van der Waals surface area contributed by atoms with Gasteiger partial charge in [-0.05, 0) is 38.5 Å². The lowest BCUT2D eigenvalue weighted by Crippen LogP contribution is -2.58. The van der Waals surface area contributed by atoms with Gasteiger partial charge in [-0.3, -0.25) is 0 Å². The molecule has 0 aromatic carbocycles. The minimum absolute atomic E-state index is 0.210. The number of hydrogen-bond acceptors (Lipinski definition) is 2. The fourth-order valence-electron chi connectivity index (χ4n) is 2.80. The van der Waals surface area contributed by atoms with Crippen molar-refractivity contribution in [1.29, 1.82) is 0 Å². The van der Waals surface area contributed by atoms with Crippen molar-refractivity contribution in [2.45, 2.75) is 57.4 Å². The number of nitrogens with zero attached hydrogens (tertiary/aromatic N) is 1. The lowest BCUT2D eigenvalue weighted by molar-refractivity contribution is -0.146. The number of carboxylic acids is 1. The predicted octanol–water partition coefficient (Wildman–Crippen LogP) is 2.22. The number of hydrogen-bond donors (Lipinski definition) is 2. The molecule has 2 saturated carbocycles. The van der Waals surface area contributed by atoms with Crippen LogP contribution < -0.4 is 5.32 Å². The first kappa shape index (κ1) is 14.2. The largest absolute Gasteiger partial charge is 0.480 e. The molecule has 5 nitrogen and oxygen atoms in total. The van der Waals surface area contributed by atoms with Crippen molar-refractivity contribution in [2.75, 3.05) is 13.1 Å². The molecule has 0 unspecified atom stereocenters. The molecule has 0 aliphatic heterocycles. The second-order valence-corrected chi connectivity index (χ2v) is 5.86. The van der Waals surface area contributed by atoms with E-state index in [4.69, 9.17) is 0 Å². The summed E-state index contributed by atoms with van der Waals surface area (Å²) >= 11 is 0. The van der Waals surface area contributed by atoms with Crippen molar-refractivity contribution in [1.82, 2.24) is 10.2 Å². The summed E-state index contributed by atoms with van der Waals surface area (Å²) in [6, 6.07) is -0.210. The van der Waals surface area contributed by atoms with Crippen LogP contribution in [0.25, 0.3) is 0 Å². The molecule has 2 amide bonds. The van der Waals surface area contributed by atoms with Crippen molar-refractivity contribution in [2.24, 2.45) is 5.92 Å². The molecular formula is C14H24N2O3. The van der Waals surface area contributed by atoms with E-state index in [1.165, 1.54) is 12.8 Å². The summed E-state index contributed by atoms with van der Waals surface area (Å²) < 4.78 is 0. The Morgan fingerprint density at radius 2 is 1.89 bits per heavy atom. The van der Waals surface area contributed by atoms with Crippen LogP contribution in [0, 0.1) is 5.92 Å². The number of carboxylic acid groups (broad SMARTS) is 1. The van der Waals surface area contributed by atoms with Crippen LogP contribution in [0.15, 0.2) is 0 Å². The molecule has 0 bridgehead atoms. The number of carbonyl (C=O) groups is 2. The quantitative estimate of drug-likeness (QED) is 0.803. The summed E-state index contributed by atoms with van der Waals surface area (Å²) in [6.45, 7) is 3.34. The maximum atomic E-state index is 12.3. The summed E-state index contributed by atoms with van der Waals surface area (Å²) in [5.41, 5.74) is -1.04. The molecule has 5 heteroatoms. The van der Waals surface area contributed by atoms with E-state index >= 15 is 0 Å². The molecule has 0 spiro atoms. The highest BCUT2D eigenvalue weighted by atomic mass is 16.4. The Labute approximate surface area is 114 Å². The summed E-state index contributed by atoms with van der Waals surface area (Å²) in [4.78, 5) is 25.5. The monoisotopic (exact) mass is 268 g/mol. The van der Waals surface area contributed by atoms with Gasteiger partial charge < -0.3 is 15.3 Å². The molecule has 2 N–H and O–H groups in total. The van der Waals surface area contributed by atoms with Gasteiger partial charge in [0.25, 0.3) is 0 Å². The molecule has 0 aromatic heterocycles. The first-order valence-corrected chi connectivity index (χ1v) is 7.38. The van der Waals surface area contributed by atoms with Gasteiger partial charge in [-0.15, -0.1) is 0 Å². The highest BCUT2D eigenvalue weighted by Gasteiger charge is 2.42. The van der Waals surface area contributed by atoms with Crippen LogP contribution in [0.3, 0.4) is 0 Å². The second kappa shape index (κ2) is 5.80. The SMILES string of the molecule is CCN(CC1CC1)C(=O)NC1(C(=O)O)CCCCC1. The second-order valence-electron chi connectivity index (χ2n) is 5.86. The van der Waals surface area contributed by atoms with E-state index in [0.29, 0.717) is 25.3 Å². The Kier molecular flexibility index (Phi) is 4.32. The Bertz CT molecular complexity index is 347. The average Bonchev–Trinajstić information content (AvgIpc) is 3.20. The van der Waals surface area contributed by atoms with Crippen LogP contribution in [0.5, 0.6) is 0 Å². The Hall–Kier alpha value is -1.26. The first-order chi connectivity index (χ1) is 9.07. The van der Waals surface area contributed by atoms with E-state index < -0.39 is 11.5 Å². The maximum absolute atomic E-state index is 12.3. The molecule has 0 heterocycles. The third kappa shape index (κ3) is 3.39. The molecule has 0 atom stereocenters. The summed E-state index contributed by atoms with van der Waals surface area (Å²) in [6.07, 6.45) is 6.29. The van der Waals surface area contributed by atoms with Crippen molar-refractivity contribution in [3.05, 3.63) is 0 Å². The molecule has 108 valence electrons. The molecule has 2 fully saturated rings. The minimum Gasteiger partial charge on any atom is -0.480 e. The zero-order valence-electron chi connectivity index (χ0n) is 11.7. The Balaban J connectivity index is 1.98. The van der Waals surface area contributed by atoms with Gasteiger partial charge in [0.05, 0.1) is 0 Å². The third-order valence-electron chi connectivity index (χ3n) is 4.31. The standard InChI is InChI=1S/C14H24N2O3/c1-2-16(10-11-6-7-11)13(19)15-14(12(17)18)8-4-3-5-9-14/h11H,2-10H2,1H3,(H,15,19)(H,17,18). The zero-order valence-corrected chi connectivity index (χ0v) is 11.7. The van der Waals surface area contributed by atoms with Gasteiger partial charge in [0.1, 0.15) is 5.54 Å². The van der Waals surface area contributed by atoms with Gasteiger partial charge in [0.15, 0.2) is 0 Å². The van der Waals surface area contributed by atoms with Gasteiger partial charge in [-0.2, -0.15) is 0 Å². The highest BCUT2D eigenvalue weighted by Crippen LogP contribution is 2.31. The smallest absolute Gasteiger partial charge is 0.329 e. The number of urea groups is 1. The lowest BCUT2D eigenvalue weighted by Gasteiger charge is -2.36. The van der Waals surface area contributed by atoms with Gasteiger partial charge in [0.2, 0.25) is 0 Å². The molecule has 2 aliphatic rings. The van der Waals surface area contributed by atoms with Gasteiger partial charge >= 0.3 is 12.0 Å². The fraction of sp³-hybridized carbons (Fsp3) is 0.857. The van der Waals surface area contributed by atoms with Crippen LogP contribution in [0.2, 0.25) is 0 Å². The summed E-state index contributed by atoms with van der Waals surface area (Å²) in [5, 5.41) is 12.3. The molecule has 0 saturated heterocycles. The maximum Gasteiger partial charge on any atom is 0.329 e. The van der Waals surface area contributed by atoms with Crippen LogP contribution in [-0.2, 0) is 4.79 Å². The van der Waals surface area contributed by atoms with Crippen molar-refractivity contribution in [3.8, 4) is 0 Å². The van der Waals surface area contributed by atoms with E-state index in [-0.39, 0.29) is 6.03 Å². The van der Waals surface area contributed by atoms with Crippen LogP contribution >= 0.6 is 0 Å². The number of amides is 2. The normalized spacial score (nSPS) is 21.7. The molecule has 0 radical (unpaired) electrons. The summed E-state index contributed by atoms with van der Waals surface area (Å²) in [5.74, 6) is -0.263. The molecular weight excluding hydrogens is 244 g/mol. The number of rotatable bonds is 5. The van der Waals surface area contributed by atoms with E-state index in [1.54, 1.807) is 4.90 Å². The number of aliphatic carboxylic acids is 1. The topological polar surface area (TPSA) is 69.6 Å². The number of nitrogens with one attached hydrogen (secondary N) is 1. The van der Waals surface area contributed by atoms with Crippen molar-refractivity contribution < 1.29 is 14.7 Å². The molecule has 19 heavy (non-hydrogen) atoms.